The number of thioether (sulfide) groups is 3. The highest BCUT2D eigenvalue weighted by atomic mass is 32.2. The quantitative estimate of drug-likeness (QED) is 0.163. The van der Waals surface area contributed by atoms with Gasteiger partial charge in [0, 0.05) is 111 Å². The van der Waals surface area contributed by atoms with Crippen molar-refractivity contribution >= 4 is 55.9 Å². The highest BCUT2D eigenvalue weighted by Crippen LogP contribution is 1.89. The third-order valence-electron chi connectivity index (χ3n) is 3.04. The Labute approximate surface area is 454 Å². The van der Waals surface area contributed by atoms with Gasteiger partial charge in [0.1, 0.15) is 30.5 Å². The Hall–Kier alpha value is -6.81. The summed E-state index contributed by atoms with van der Waals surface area (Å²) < 4.78 is 51.5. The van der Waals surface area contributed by atoms with E-state index in [0.717, 1.165) is 12.0 Å². The molecule has 0 amide bonds. The Morgan fingerprint density at radius 2 is 0.972 bits per heavy atom. The molecular weight excluding hydrogens is 993 g/mol. The number of nitrogens with one attached hydrogen (secondary N) is 2. The molecule has 0 aliphatic rings. The first-order valence-corrected chi connectivity index (χ1v) is 26.2. The average Bonchev–Trinajstić information content (AvgIpc) is 3.34. The van der Waals surface area contributed by atoms with Crippen molar-refractivity contribution in [1.82, 2.24) is 20.4 Å². The van der Waals surface area contributed by atoms with Gasteiger partial charge in [-0.05, 0) is 68.1 Å². The predicted octanol–water partition coefficient (Wildman–Crippen LogP) is 7.29. The number of ether oxygens (including phenoxy) is 5. The zero-order valence-electron chi connectivity index (χ0n) is 47.1. The average molecular weight is 1080 g/mol. The minimum atomic E-state index is -3.04. The second-order valence-corrected chi connectivity index (χ2v) is 14.5. The van der Waals surface area contributed by atoms with E-state index in [-0.39, 0.29) is 0 Å². The molecule has 0 rings (SSSR count). The number of rotatable bonds is 2. The topological polar surface area (TPSA) is 128 Å². The van der Waals surface area contributed by atoms with E-state index in [1.54, 1.807) is 65.4 Å². The van der Waals surface area contributed by atoms with Gasteiger partial charge < -0.3 is 44.1 Å². The molecule has 1 atom stereocenters. The Morgan fingerprint density at radius 3 is 0.986 bits per heavy atom. The van der Waals surface area contributed by atoms with Crippen molar-refractivity contribution in [2.75, 3.05) is 108 Å². The molecule has 1 unspecified atom stereocenters. The Bertz CT molecular complexity index is 1840. The van der Waals surface area contributed by atoms with Crippen LogP contribution in [0.4, 0.5) is 0 Å². The minimum absolute atomic E-state index is 0.681. The monoisotopic (exact) mass is 1080 g/mol. The highest BCUT2D eigenvalue weighted by Gasteiger charge is 1.87. The number of hydrogen-bond acceptors (Lipinski definition) is 15. The van der Waals surface area contributed by atoms with Crippen molar-refractivity contribution in [1.29, 1.82) is 0 Å². The molecule has 0 heterocycles. The van der Waals surface area contributed by atoms with Crippen LogP contribution in [0.5, 0.6) is 0 Å². The lowest BCUT2D eigenvalue weighted by atomic mass is 10.7. The maximum Gasteiger partial charge on any atom is 0.213 e. The highest BCUT2D eigenvalue weighted by molar-refractivity contribution is 8.04. The van der Waals surface area contributed by atoms with Crippen LogP contribution in [0.2, 0.25) is 0 Å². The zero-order valence-corrected chi connectivity index (χ0v) is 51.2. The third kappa shape index (κ3) is 481. The smallest absolute Gasteiger partial charge is 0.213 e. The van der Waals surface area contributed by atoms with Crippen LogP contribution in [-0.4, -0.2) is 131 Å². The predicted molar refractivity (Wildman–Crippen MR) is 320 cm³/mol. The molecular formula is C54H84N4O8S5. The van der Waals surface area contributed by atoms with Crippen LogP contribution in [0.25, 0.3) is 0 Å². The van der Waals surface area contributed by atoms with Gasteiger partial charge in [-0.3, -0.25) is 0 Å². The van der Waals surface area contributed by atoms with Crippen molar-refractivity contribution in [2.45, 2.75) is 69.2 Å². The number of nitrogens with zero attached hydrogens (tertiary/aromatic N) is 2. The molecule has 0 saturated heterocycles. The standard InChI is InChI=1S/C5H9N.C5H8O.2C4H7N.C4H6O2S.3C4H6O.2C4H6S.C3H5N.C3H4OS.C3H4O.C3H4S/c1-4-5-6(2)3;1-3-5-6-4-2;1-4-5(2)3;1-3-4-5-2;1-3-4-7(2,5)6;4*1-3-4-5-2;1-3-5-4-2;1-3-4-2;1-3-5(2)4;2*1-3-4-2/h1-3H3;4H2,1-2H3;1H,2-3H3;5H,1-2H3;1-2H3;4*1-2H3;1H,4H2,2H3;1,4H,2H3;1H,2H3;2*1H,2H3. The first-order chi connectivity index (χ1) is 33.5. The molecule has 0 aliphatic heterocycles. The molecule has 0 aromatic carbocycles. The summed E-state index contributed by atoms with van der Waals surface area (Å²) in [6.07, 6.45) is 46.1. The fourth-order valence-corrected chi connectivity index (χ4v) is 1.91. The molecule has 17 heteroatoms. The summed E-state index contributed by atoms with van der Waals surface area (Å²) in [6.45, 7) is 18.5. The molecule has 0 aliphatic carbocycles. The van der Waals surface area contributed by atoms with Gasteiger partial charge in [0.2, 0.25) is 9.84 Å². The summed E-state index contributed by atoms with van der Waals surface area (Å²) in [7, 11) is 12.9. The molecule has 0 aromatic rings. The molecule has 0 radical (unpaired) electrons. The van der Waals surface area contributed by atoms with E-state index in [1.807, 2.05) is 89.9 Å². The zero-order chi connectivity index (χ0) is 59.3. The molecule has 0 aromatic heterocycles. The number of sulfone groups is 1. The lowest BCUT2D eigenvalue weighted by Crippen LogP contribution is -2.00. The maximum atomic E-state index is 10.1. The van der Waals surface area contributed by atoms with Crippen LogP contribution in [0.15, 0.2) is 0 Å². The lowest BCUT2D eigenvalue weighted by Gasteiger charge is -1.94. The third-order valence-corrected chi connectivity index (χ3v) is 5.05. The number of hydrogen-bond donors (Lipinski definition) is 2. The second kappa shape index (κ2) is 137. The lowest BCUT2D eigenvalue weighted by molar-refractivity contribution is 0.299. The largest absolute Gasteiger partial charge is 0.450 e. The Kier molecular flexibility index (Phi) is 197. The summed E-state index contributed by atoms with van der Waals surface area (Å²) in [4.78, 5) is 3.47. The van der Waals surface area contributed by atoms with Gasteiger partial charge in [0.15, 0.2) is 0 Å². The molecule has 398 valence electrons. The summed E-state index contributed by atoms with van der Waals surface area (Å²) in [5.74, 6) is 21.7. The summed E-state index contributed by atoms with van der Waals surface area (Å²) >= 11 is 4.42. The van der Waals surface area contributed by atoms with Crippen molar-refractivity contribution in [3.05, 3.63) is 0 Å². The van der Waals surface area contributed by atoms with E-state index in [2.05, 4.69) is 165 Å². The van der Waals surface area contributed by atoms with Gasteiger partial charge in [-0.2, -0.15) is 0 Å². The first-order valence-electron chi connectivity index (χ1n) is 19.3. The summed E-state index contributed by atoms with van der Waals surface area (Å²) in [5, 5.41) is 16.7. The SMILES string of the molecule is C#CN(C)C.C#CNC.C#COC.C#CS(C)=O.C#CSC.C#CSCC.CC#CN(C)C.CC#CNC.CC#COC.CC#COC.CC#COC.CC#COCC.CC#CS(C)(=O)=O.CC#CSC. The molecule has 12 nitrogen and oxygen atoms in total. The Morgan fingerprint density at radius 1 is 0.606 bits per heavy atom. The summed E-state index contributed by atoms with van der Waals surface area (Å²) in [6, 6.07) is 9.94. The van der Waals surface area contributed by atoms with Gasteiger partial charge in [-0.15, -0.1) is 19.3 Å². The van der Waals surface area contributed by atoms with Gasteiger partial charge in [0.25, 0.3) is 0 Å². The second-order valence-electron chi connectivity index (χ2n) is 9.20. The molecule has 0 bridgehead atoms. The van der Waals surface area contributed by atoms with Gasteiger partial charge in [-0.1, -0.05) is 109 Å². The molecule has 2 N–H and O–H groups in total. The normalized spacial score (nSPS) is 6.00. The van der Waals surface area contributed by atoms with Crippen molar-refractivity contribution < 1.29 is 36.3 Å². The van der Waals surface area contributed by atoms with E-state index >= 15 is 0 Å². The van der Waals surface area contributed by atoms with E-state index in [1.165, 1.54) is 65.1 Å². The van der Waals surface area contributed by atoms with Crippen LogP contribution >= 0.6 is 35.3 Å². The maximum absolute atomic E-state index is 10.1. The molecule has 71 heavy (non-hydrogen) atoms. The molecule has 0 saturated carbocycles. The Balaban J connectivity index is -0.0000000412. The van der Waals surface area contributed by atoms with Crippen molar-refractivity contribution in [3.63, 3.8) is 0 Å². The van der Waals surface area contributed by atoms with E-state index in [9.17, 15) is 12.6 Å². The van der Waals surface area contributed by atoms with Crippen LogP contribution in [-0.2, 0) is 44.3 Å². The van der Waals surface area contributed by atoms with Gasteiger partial charge in [-0.25, -0.2) is 12.6 Å². The molecule has 0 spiro atoms. The van der Waals surface area contributed by atoms with Crippen LogP contribution in [0, 0.1) is 167 Å². The van der Waals surface area contributed by atoms with Gasteiger partial charge in [0.05, 0.1) is 52.1 Å². The van der Waals surface area contributed by atoms with E-state index in [0.29, 0.717) is 6.61 Å². The molecule has 0 fully saturated rings. The number of terminal acetylenes is 6. The summed E-state index contributed by atoms with van der Waals surface area (Å²) in [5.41, 5.74) is 0. The van der Waals surface area contributed by atoms with E-state index < -0.39 is 20.6 Å². The van der Waals surface area contributed by atoms with Crippen molar-refractivity contribution in [2.24, 2.45) is 0 Å². The number of methoxy groups -OCH3 is 4. The fourth-order valence-electron chi connectivity index (χ4n) is 1.17. The van der Waals surface area contributed by atoms with Crippen LogP contribution in [0.1, 0.15) is 69.2 Å². The minimum Gasteiger partial charge on any atom is -0.450 e. The van der Waals surface area contributed by atoms with Crippen LogP contribution in [0.3, 0.4) is 0 Å². The first kappa shape index (κ1) is 102. The van der Waals surface area contributed by atoms with E-state index in [4.69, 9.17) is 19.3 Å². The fraction of sp³-hybridized carbons (Fsp3) is 0.481. The van der Waals surface area contributed by atoms with Crippen LogP contribution < -0.4 is 10.6 Å². The van der Waals surface area contributed by atoms with Crippen molar-refractivity contribution in [3.8, 4) is 167 Å². The van der Waals surface area contributed by atoms with Gasteiger partial charge >= 0.3 is 0 Å².